The number of aromatic nitrogens is 1. The van der Waals surface area contributed by atoms with Crippen LogP contribution in [0.5, 0.6) is 5.75 Å². The number of ether oxygens (including phenoxy) is 1. The number of carbonyl (C=O) groups is 5. The number of hydrogen-bond donors (Lipinski definition) is 4. The molecule has 2 aliphatic heterocycles. The highest BCUT2D eigenvalue weighted by Gasteiger charge is 2.51. The molecule has 11 nitrogen and oxygen atoms in total. The normalized spacial score (nSPS) is 21.6. The third kappa shape index (κ3) is 6.68. The van der Waals surface area contributed by atoms with E-state index < -0.39 is 72.6 Å². The summed E-state index contributed by atoms with van der Waals surface area (Å²) in [4.78, 5) is 68.8. The minimum atomic E-state index is -4.69. The lowest BCUT2D eigenvalue weighted by molar-refractivity contribution is -0.170. The van der Waals surface area contributed by atoms with Gasteiger partial charge in [0.2, 0.25) is 17.6 Å². The number of carbonyl (C=O) groups excluding carboxylic acids is 5. The first-order valence-corrected chi connectivity index (χ1v) is 13.8. The maximum Gasteiger partial charge on any atom is 0.393 e. The van der Waals surface area contributed by atoms with Gasteiger partial charge in [-0.05, 0) is 57.7 Å². The highest BCUT2D eigenvalue weighted by molar-refractivity contribution is 6.38. The molecular weight excluding hydrogens is 559 g/mol. The van der Waals surface area contributed by atoms with Gasteiger partial charge in [-0.25, -0.2) is 0 Å². The Hall–Kier alpha value is -4.10. The number of benzene rings is 1. The third-order valence-corrected chi connectivity index (χ3v) is 7.60. The first-order chi connectivity index (χ1) is 19.8. The van der Waals surface area contributed by atoms with Crippen LogP contribution in [0, 0.1) is 11.8 Å². The predicted molar refractivity (Wildman–Crippen MR) is 144 cm³/mol. The second-order valence-corrected chi connectivity index (χ2v) is 11.0. The van der Waals surface area contributed by atoms with Gasteiger partial charge in [-0.3, -0.25) is 24.0 Å². The summed E-state index contributed by atoms with van der Waals surface area (Å²) in [6.07, 6.45) is -4.60. The third-order valence-electron chi connectivity index (χ3n) is 7.60. The first kappa shape index (κ1) is 30.8. The van der Waals surface area contributed by atoms with Gasteiger partial charge in [-0.15, -0.1) is 0 Å². The van der Waals surface area contributed by atoms with Gasteiger partial charge in [-0.1, -0.05) is 6.07 Å². The number of H-pyrrole nitrogens is 1. The van der Waals surface area contributed by atoms with E-state index in [4.69, 9.17) is 4.74 Å². The zero-order valence-corrected chi connectivity index (χ0v) is 23.5. The number of Topliss-reactive ketones (excluding diaryl/α,β-unsaturated/α-hetero) is 1. The van der Waals surface area contributed by atoms with E-state index in [1.165, 1.54) is 13.2 Å². The van der Waals surface area contributed by atoms with Crippen molar-refractivity contribution in [1.29, 1.82) is 0 Å². The molecule has 4 atom stereocenters. The summed E-state index contributed by atoms with van der Waals surface area (Å²) < 4.78 is 46.8. The smallest absolute Gasteiger partial charge is 0.393 e. The second kappa shape index (κ2) is 12.4. The number of aromatic amines is 1. The number of likely N-dealkylation sites (tertiary alicyclic amines) is 1. The Labute approximate surface area is 239 Å². The molecule has 4 unspecified atom stereocenters. The standard InChI is InChI=1S/C28H34F3N5O6/c1-14(2)33-26(40)23(37)19(10-15-6-5-9-32-24(15)38)35-25(39)21-11-16(28(29,30)31)13-36(21)27(41)20-12-17-18(34-20)7-4-8-22(17)42-3/h4,7-8,12,14-16,19,21,34H,5-6,9-11,13H2,1-3H3,(H,32,38)(H,33,40)(H,35,39). The second-order valence-electron chi connectivity index (χ2n) is 11.0. The fourth-order valence-electron chi connectivity index (χ4n) is 5.46. The van der Waals surface area contributed by atoms with Crippen molar-refractivity contribution in [3.05, 3.63) is 30.0 Å². The number of nitrogens with one attached hydrogen (secondary N) is 4. The number of nitrogens with zero attached hydrogens (tertiary/aromatic N) is 1. The molecule has 2 aliphatic rings. The maximum atomic E-state index is 13.8. The van der Waals surface area contributed by atoms with Gasteiger partial charge in [0, 0.05) is 36.0 Å². The molecule has 42 heavy (non-hydrogen) atoms. The number of methoxy groups -OCH3 is 1. The van der Waals surface area contributed by atoms with Crippen LogP contribution in [0.1, 0.15) is 50.0 Å². The van der Waals surface area contributed by atoms with Crippen LogP contribution in [0.25, 0.3) is 10.9 Å². The van der Waals surface area contributed by atoms with E-state index in [2.05, 4.69) is 20.9 Å². The molecule has 4 N–H and O–H groups in total. The van der Waals surface area contributed by atoms with Crippen LogP contribution in [-0.2, 0) is 19.2 Å². The Morgan fingerprint density at radius 2 is 1.90 bits per heavy atom. The number of halogens is 3. The van der Waals surface area contributed by atoms with Gasteiger partial charge < -0.3 is 30.6 Å². The number of piperidine rings is 1. The molecule has 2 saturated heterocycles. The Kier molecular flexibility index (Phi) is 9.12. The highest BCUT2D eigenvalue weighted by atomic mass is 19.4. The van der Waals surface area contributed by atoms with Crippen molar-refractivity contribution in [3.8, 4) is 5.75 Å². The lowest BCUT2D eigenvalue weighted by atomic mass is 9.89. The molecule has 0 bridgehead atoms. The summed E-state index contributed by atoms with van der Waals surface area (Å²) in [5.74, 6) is -6.46. The SMILES string of the molecule is COc1cccc2[nH]c(C(=O)N3CC(C(F)(F)F)CC3C(=O)NC(CC3CCCNC3=O)C(=O)C(=O)NC(C)C)cc12. The molecule has 1 aromatic heterocycles. The van der Waals surface area contributed by atoms with Crippen LogP contribution in [0.4, 0.5) is 13.2 Å². The number of hydrogen-bond acceptors (Lipinski definition) is 6. The molecule has 4 amide bonds. The molecule has 228 valence electrons. The van der Waals surface area contributed by atoms with Crippen LogP contribution in [0.3, 0.4) is 0 Å². The van der Waals surface area contributed by atoms with Crippen LogP contribution in [-0.4, -0.2) is 83.8 Å². The summed E-state index contributed by atoms with van der Waals surface area (Å²) in [7, 11) is 1.44. The molecule has 2 fully saturated rings. The minimum absolute atomic E-state index is 0.0436. The highest BCUT2D eigenvalue weighted by Crippen LogP contribution is 2.38. The van der Waals surface area contributed by atoms with Crippen LogP contribution in [0.2, 0.25) is 0 Å². The summed E-state index contributed by atoms with van der Waals surface area (Å²) in [5.41, 5.74) is 0.468. The molecule has 0 saturated carbocycles. The molecule has 0 aliphatic carbocycles. The van der Waals surface area contributed by atoms with Gasteiger partial charge >= 0.3 is 6.18 Å². The molecule has 1 aromatic carbocycles. The number of amides is 4. The molecule has 0 spiro atoms. The van der Waals surface area contributed by atoms with Crippen molar-refractivity contribution in [3.63, 3.8) is 0 Å². The van der Waals surface area contributed by atoms with E-state index in [9.17, 15) is 37.1 Å². The molecule has 14 heteroatoms. The summed E-state index contributed by atoms with van der Waals surface area (Å²) in [6.45, 7) is 2.94. The number of fused-ring (bicyclic) bond motifs is 1. The molecule has 0 radical (unpaired) electrons. The van der Waals surface area contributed by atoms with E-state index >= 15 is 0 Å². The van der Waals surface area contributed by atoms with Crippen molar-refractivity contribution < 1.29 is 41.9 Å². The first-order valence-electron chi connectivity index (χ1n) is 13.8. The Morgan fingerprint density at radius 1 is 1.17 bits per heavy atom. The average Bonchev–Trinajstić information content (AvgIpc) is 3.58. The summed E-state index contributed by atoms with van der Waals surface area (Å²) >= 11 is 0. The van der Waals surface area contributed by atoms with Crippen molar-refractivity contribution in [1.82, 2.24) is 25.8 Å². The van der Waals surface area contributed by atoms with Crippen LogP contribution in [0.15, 0.2) is 24.3 Å². The van der Waals surface area contributed by atoms with Gasteiger partial charge in [0.1, 0.15) is 17.5 Å². The molecule has 4 rings (SSSR count). The number of rotatable bonds is 9. The maximum absolute atomic E-state index is 13.8. The molecule has 2 aromatic rings. The Balaban J connectivity index is 1.62. The topological polar surface area (TPSA) is 150 Å². The monoisotopic (exact) mass is 593 g/mol. The van der Waals surface area contributed by atoms with Crippen molar-refractivity contribution in [2.45, 2.75) is 63.8 Å². The fraction of sp³-hybridized carbons (Fsp3) is 0.536. The average molecular weight is 594 g/mol. The molecular formula is C28H34F3N5O6. The van der Waals surface area contributed by atoms with E-state index in [0.29, 0.717) is 36.0 Å². The minimum Gasteiger partial charge on any atom is -0.496 e. The molecule has 3 heterocycles. The van der Waals surface area contributed by atoms with Gasteiger partial charge in [0.15, 0.2) is 0 Å². The Morgan fingerprint density at radius 3 is 2.55 bits per heavy atom. The zero-order valence-electron chi connectivity index (χ0n) is 23.5. The van der Waals surface area contributed by atoms with Gasteiger partial charge in [0.05, 0.1) is 19.1 Å². The van der Waals surface area contributed by atoms with E-state index in [0.717, 1.165) is 4.90 Å². The van der Waals surface area contributed by atoms with Gasteiger partial charge in [0.25, 0.3) is 11.8 Å². The zero-order chi connectivity index (χ0) is 30.8. The van der Waals surface area contributed by atoms with Gasteiger partial charge in [-0.2, -0.15) is 13.2 Å². The number of alkyl halides is 3. The van der Waals surface area contributed by atoms with Crippen LogP contribution < -0.4 is 20.7 Å². The largest absolute Gasteiger partial charge is 0.496 e. The lowest BCUT2D eigenvalue weighted by Crippen LogP contribution is -2.55. The number of ketones is 1. The lowest BCUT2D eigenvalue weighted by Gasteiger charge is -2.28. The van der Waals surface area contributed by atoms with Crippen molar-refractivity contribution in [2.24, 2.45) is 11.8 Å². The van der Waals surface area contributed by atoms with E-state index in [-0.39, 0.29) is 18.0 Å². The van der Waals surface area contributed by atoms with E-state index in [1.807, 2.05) is 0 Å². The fourth-order valence-corrected chi connectivity index (χ4v) is 5.46. The van der Waals surface area contributed by atoms with Crippen LogP contribution >= 0.6 is 0 Å². The van der Waals surface area contributed by atoms with E-state index in [1.54, 1.807) is 32.0 Å². The predicted octanol–water partition coefficient (Wildman–Crippen LogP) is 2.06. The Bertz CT molecular complexity index is 1370. The van der Waals surface area contributed by atoms with Crippen molar-refractivity contribution >= 4 is 40.3 Å². The summed E-state index contributed by atoms with van der Waals surface area (Å²) in [5, 5.41) is 8.06. The quantitative estimate of drug-likeness (QED) is 0.327. The van der Waals surface area contributed by atoms with Crippen molar-refractivity contribution in [2.75, 3.05) is 20.2 Å². The summed E-state index contributed by atoms with van der Waals surface area (Å²) in [6, 6.07) is 2.98.